The van der Waals surface area contributed by atoms with E-state index in [0.717, 1.165) is 22.2 Å². The van der Waals surface area contributed by atoms with Crippen molar-refractivity contribution in [3.63, 3.8) is 0 Å². The van der Waals surface area contributed by atoms with Gasteiger partial charge in [0.05, 0.1) is 19.2 Å². The van der Waals surface area contributed by atoms with Crippen LogP contribution in [-0.2, 0) is 16.0 Å². The molecule has 2 aromatic carbocycles. The molecule has 1 heterocycles. The van der Waals surface area contributed by atoms with Gasteiger partial charge in [-0.1, -0.05) is 11.6 Å². The molecule has 0 N–H and O–H groups in total. The van der Waals surface area contributed by atoms with Crippen molar-refractivity contribution in [3.8, 4) is 5.75 Å². The standard InChI is InChI=1S/C22H22ClNO4/c1-4-28-21(25)12-10-18-14(2)24(20-11-9-17(27-3)13-19(18)20)22(26)15-5-7-16(23)8-6-15/h5-9,11,13H,4,10,12H2,1-3H3. The van der Waals surface area contributed by atoms with E-state index in [1.807, 2.05) is 25.1 Å². The van der Waals surface area contributed by atoms with E-state index in [2.05, 4.69) is 0 Å². The minimum atomic E-state index is -0.255. The third-order valence-electron chi connectivity index (χ3n) is 4.72. The second-order valence-electron chi connectivity index (χ2n) is 6.40. The Labute approximate surface area is 168 Å². The number of carbonyl (C=O) groups is 2. The zero-order chi connectivity index (χ0) is 20.3. The van der Waals surface area contributed by atoms with Crippen molar-refractivity contribution >= 4 is 34.4 Å². The molecule has 0 unspecified atom stereocenters. The number of aryl methyl sites for hydroxylation is 1. The lowest BCUT2D eigenvalue weighted by Crippen LogP contribution is -2.14. The van der Waals surface area contributed by atoms with Crippen LogP contribution in [0.15, 0.2) is 42.5 Å². The number of methoxy groups -OCH3 is 1. The first-order chi connectivity index (χ1) is 13.5. The highest BCUT2D eigenvalue weighted by molar-refractivity contribution is 6.30. The lowest BCUT2D eigenvalue weighted by Gasteiger charge is -2.08. The highest BCUT2D eigenvalue weighted by Gasteiger charge is 2.21. The van der Waals surface area contributed by atoms with Gasteiger partial charge >= 0.3 is 5.97 Å². The first kappa shape index (κ1) is 20.0. The van der Waals surface area contributed by atoms with Gasteiger partial charge < -0.3 is 9.47 Å². The van der Waals surface area contributed by atoms with Gasteiger partial charge in [-0.15, -0.1) is 0 Å². The Morgan fingerprint density at radius 3 is 2.46 bits per heavy atom. The van der Waals surface area contributed by atoms with Gasteiger partial charge in [0.1, 0.15) is 5.75 Å². The summed E-state index contributed by atoms with van der Waals surface area (Å²) >= 11 is 5.95. The number of aromatic nitrogens is 1. The molecule has 0 spiro atoms. The summed E-state index contributed by atoms with van der Waals surface area (Å²) in [5.41, 5.74) is 3.05. The zero-order valence-corrected chi connectivity index (χ0v) is 16.9. The number of rotatable bonds is 6. The Morgan fingerprint density at radius 1 is 1.11 bits per heavy atom. The third kappa shape index (κ3) is 3.90. The van der Waals surface area contributed by atoms with Crippen LogP contribution in [0.4, 0.5) is 0 Å². The molecular weight excluding hydrogens is 378 g/mol. The number of hydrogen-bond donors (Lipinski definition) is 0. The molecule has 146 valence electrons. The lowest BCUT2D eigenvalue weighted by molar-refractivity contribution is -0.143. The Morgan fingerprint density at radius 2 is 1.82 bits per heavy atom. The van der Waals surface area contributed by atoms with Gasteiger partial charge in [-0.2, -0.15) is 0 Å². The fourth-order valence-electron chi connectivity index (χ4n) is 3.35. The summed E-state index contributed by atoms with van der Waals surface area (Å²) in [7, 11) is 1.60. The molecule has 0 saturated heterocycles. The van der Waals surface area contributed by atoms with E-state index in [0.29, 0.717) is 29.4 Å². The molecule has 3 aromatic rings. The molecule has 0 aliphatic heterocycles. The van der Waals surface area contributed by atoms with Crippen LogP contribution in [0.5, 0.6) is 5.75 Å². The minimum absolute atomic E-state index is 0.147. The summed E-state index contributed by atoms with van der Waals surface area (Å²) in [5, 5.41) is 1.47. The minimum Gasteiger partial charge on any atom is -0.497 e. The van der Waals surface area contributed by atoms with Gasteiger partial charge in [-0.3, -0.25) is 14.2 Å². The molecular formula is C22H22ClNO4. The summed E-state index contributed by atoms with van der Waals surface area (Å²) < 4.78 is 12.1. The van der Waals surface area contributed by atoms with E-state index in [-0.39, 0.29) is 18.3 Å². The van der Waals surface area contributed by atoms with E-state index < -0.39 is 0 Å². The topological polar surface area (TPSA) is 57.5 Å². The van der Waals surface area contributed by atoms with Crippen molar-refractivity contribution in [2.45, 2.75) is 26.7 Å². The van der Waals surface area contributed by atoms with E-state index >= 15 is 0 Å². The monoisotopic (exact) mass is 399 g/mol. The van der Waals surface area contributed by atoms with Crippen LogP contribution >= 0.6 is 11.6 Å². The largest absolute Gasteiger partial charge is 0.497 e. The second kappa shape index (κ2) is 8.48. The predicted octanol–water partition coefficient (Wildman–Crippen LogP) is 4.80. The summed E-state index contributed by atoms with van der Waals surface area (Å²) in [6, 6.07) is 12.4. The normalized spacial score (nSPS) is 10.9. The van der Waals surface area contributed by atoms with Crippen molar-refractivity contribution in [2.24, 2.45) is 0 Å². The van der Waals surface area contributed by atoms with E-state index in [1.165, 1.54) is 0 Å². The quantitative estimate of drug-likeness (QED) is 0.559. The Hall–Kier alpha value is -2.79. The van der Waals surface area contributed by atoms with Gasteiger partial charge in [-0.05, 0) is 68.3 Å². The molecule has 0 fully saturated rings. The van der Waals surface area contributed by atoms with Gasteiger partial charge in [0.25, 0.3) is 5.91 Å². The number of ether oxygens (including phenoxy) is 2. The fourth-order valence-corrected chi connectivity index (χ4v) is 3.47. The fraction of sp³-hybridized carbons (Fsp3) is 0.273. The summed E-state index contributed by atoms with van der Waals surface area (Å²) in [6.07, 6.45) is 0.732. The number of halogens is 1. The third-order valence-corrected chi connectivity index (χ3v) is 4.97. The average Bonchev–Trinajstić information content (AvgIpc) is 2.97. The molecule has 5 nitrogen and oxygen atoms in total. The van der Waals surface area contributed by atoms with Gasteiger partial charge in [0.2, 0.25) is 0 Å². The smallest absolute Gasteiger partial charge is 0.306 e. The number of carbonyl (C=O) groups excluding carboxylic acids is 2. The summed E-state index contributed by atoms with van der Waals surface area (Å²) in [4.78, 5) is 25.0. The number of hydrogen-bond acceptors (Lipinski definition) is 4. The molecule has 0 bridgehead atoms. The van der Waals surface area contributed by atoms with Crippen LogP contribution in [0.3, 0.4) is 0 Å². The number of benzene rings is 2. The van der Waals surface area contributed by atoms with Crippen LogP contribution < -0.4 is 4.74 Å². The highest BCUT2D eigenvalue weighted by Crippen LogP contribution is 2.31. The molecule has 0 radical (unpaired) electrons. The molecule has 28 heavy (non-hydrogen) atoms. The van der Waals surface area contributed by atoms with Crippen molar-refractivity contribution in [3.05, 3.63) is 64.3 Å². The van der Waals surface area contributed by atoms with Crippen molar-refractivity contribution in [2.75, 3.05) is 13.7 Å². The number of fused-ring (bicyclic) bond motifs is 1. The molecule has 0 amide bonds. The molecule has 0 atom stereocenters. The number of esters is 1. The van der Waals surface area contributed by atoms with Crippen molar-refractivity contribution < 1.29 is 19.1 Å². The van der Waals surface area contributed by atoms with Gasteiger partial charge in [0.15, 0.2) is 0 Å². The lowest BCUT2D eigenvalue weighted by atomic mass is 10.1. The van der Waals surface area contributed by atoms with Crippen molar-refractivity contribution in [1.82, 2.24) is 4.57 Å². The van der Waals surface area contributed by atoms with Crippen molar-refractivity contribution in [1.29, 1.82) is 0 Å². The predicted molar refractivity (Wildman–Crippen MR) is 109 cm³/mol. The average molecular weight is 400 g/mol. The second-order valence-corrected chi connectivity index (χ2v) is 6.84. The van der Waals surface area contributed by atoms with Crippen LogP contribution in [0.1, 0.15) is 35.0 Å². The highest BCUT2D eigenvalue weighted by atomic mass is 35.5. The SMILES string of the molecule is CCOC(=O)CCc1c(C)n(C(=O)c2ccc(Cl)cc2)c2ccc(OC)cc12. The van der Waals surface area contributed by atoms with E-state index in [1.54, 1.807) is 42.9 Å². The van der Waals surface area contributed by atoms with E-state index in [4.69, 9.17) is 21.1 Å². The maximum Gasteiger partial charge on any atom is 0.306 e. The Balaban J connectivity index is 2.09. The molecule has 6 heteroatoms. The number of nitrogens with zero attached hydrogens (tertiary/aromatic N) is 1. The van der Waals surface area contributed by atoms with Crippen LogP contribution in [0.25, 0.3) is 10.9 Å². The molecule has 3 rings (SSSR count). The first-order valence-electron chi connectivity index (χ1n) is 9.10. The van der Waals surface area contributed by atoms with Crippen LogP contribution in [-0.4, -0.2) is 30.2 Å². The first-order valence-corrected chi connectivity index (χ1v) is 9.47. The Bertz CT molecular complexity index is 1020. The van der Waals surface area contributed by atoms with E-state index in [9.17, 15) is 9.59 Å². The van der Waals surface area contributed by atoms with Crippen LogP contribution in [0, 0.1) is 6.92 Å². The van der Waals surface area contributed by atoms with Crippen LogP contribution in [0.2, 0.25) is 5.02 Å². The summed E-state index contributed by atoms with van der Waals surface area (Å²) in [5.74, 6) is 0.294. The molecule has 0 saturated carbocycles. The van der Waals surface area contributed by atoms with Gasteiger partial charge in [0, 0.05) is 28.1 Å². The molecule has 0 aliphatic rings. The maximum absolute atomic E-state index is 13.2. The summed E-state index contributed by atoms with van der Waals surface area (Å²) in [6.45, 7) is 4.02. The van der Waals surface area contributed by atoms with Gasteiger partial charge in [-0.25, -0.2) is 0 Å². The Kier molecular flexibility index (Phi) is 6.05. The molecule has 1 aromatic heterocycles. The zero-order valence-electron chi connectivity index (χ0n) is 16.1. The maximum atomic E-state index is 13.2. The molecule has 0 aliphatic carbocycles.